The molecule has 0 aliphatic carbocycles. The molecule has 0 saturated heterocycles. The smallest absolute Gasteiger partial charge is 0.0498 e. The first-order valence-electron chi connectivity index (χ1n) is 6.85. The van der Waals surface area contributed by atoms with E-state index in [4.69, 9.17) is 16.7 Å². The molecular formula is C15H21ClN2O. The molecule has 1 heterocycles. The fourth-order valence-electron chi connectivity index (χ4n) is 2.31. The highest BCUT2D eigenvalue weighted by Crippen LogP contribution is 2.25. The maximum atomic E-state index is 8.98. The summed E-state index contributed by atoms with van der Waals surface area (Å²) in [6.45, 7) is 5.09. The third-order valence-corrected chi connectivity index (χ3v) is 3.46. The average Bonchev–Trinajstić information content (AvgIpc) is 2.74. The fraction of sp³-hybridized carbons (Fsp3) is 0.467. The maximum Gasteiger partial charge on any atom is 0.0498 e. The lowest BCUT2D eigenvalue weighted by Gasteiger charge is -2.03. The third-order valence-electron chi connectivity index (χ3n) is 3.23. The van der Waals surface area contributed by atoms with Crippen molar-refractivity contribution in [1.29, 1.82) is 0 Å². The number of benzene rings is 1. The number of nitrogens with one attached hydrogen (secondary N) is 1. The number of halogens is 1. The van der Waals surface area contributed by atoms with E-state index in [1.54, 1.807) is 0 Å². The van der Waals surface area contributed by atoms with Crippen LogP contribution in [-0.2, 0) is 13.1 Å². The number of aromatic nitrogens is 1. The predicted octanol–water partition coefficient (Wildman–Crippen LogP) is 3.18. The van der Waals surface area contributed by atoms with Crippen LogP contribution in [0, 0.1) is 0 Å². The lowest BCUT2D eigenvalue weighted by atomic mass is 10.2. The van der Waals surface area contributed by atoms with Gasteiger partial charge in [0.2, 0.25) is 0 Å². The van der Waals surface area contributed by atoms with Crippen LogP contribution in [0.15, 0.2) is 24.4 Å². The van der Waals surface area contributed by atoms with Crippen molar-refractivity contribution in [2.45, 2.75) is 32.9 Å². The molecule has 4 heteroatoms. The van der Waals surface area contributed by atoms with Gasteiger partial charge in [-0.25, -0.2) is 0 Å². The molecule has 2 aromatic rings. The molecule has 0 radical (unpaired) electrons. The van der Waals surface area contributed by atoms with E-state index < -0.39 is 0 Å². The molecule has 0 spiro atoms. The summed E-state index contributed by atoms with van der Waals surface area (Å²) in [5.41, 5.74) is 2.44. The van der Waals surface area contributed by atoms with E-state index in [-0.39, 0.29) is 6.61 Å². The summed E-state index contributed by atoms with van der Waals surface area (Å²) in [5.74, 6) is 0. The Balaban J connectivity index is 2.29. The first kappa shape index (κ1) is 14.4. The summed E-state index contributed by atoms with van der Waals surface area (Å²) < 4.78 is 2.18. The van der Waals surface area contributed by atoms with E-state index in [2.05, 4.69) is 29.1 Å². The van der Waals surface area contributed by atoms with Gasteiger partial charge in [0.25, 0.3) is 0 Å². The molecule has 0 atom stereocenters. The second-order valence-electron chi connectivity index (χ2n) is 4.76. The van der Waals surface area contributed by atoms with Gasteiger partial charge in [-0.15, -0.1) is 0 Å². The van der Waals surface area contributed by atoms with Crippen molar-refractivity contribution >= 4 is 22.5 Å². The van der Waals surface area contributed by atoms with Crippen LogP contribution >= 0.6 is 11.6 Å². The minimum absolute atomic E-state index is 0.212. The molecule has 2 rings (SSSR count). The topological polar surface area (TPSA) is 37.2 Å². The number of rotatable bonds is 7. The highest BCUT2D eigenvalue weighted by molar-refractivity contribution is 6.31. The summed E-state index contributed by atoms with van der Waals surface area (Å²) in [4.78, 5) is 0. The fourth-order valence-corrected chi connectivity index (χ4v) is 2.47. The monoisotopic (exact) mass is 280 g/mol. The number of hydrogen-bond donors (Lipinski definition) is 2. The second kappa shape index (κ2) is 6.94. The van der Waals surface area contributed by atoms with Crippen molar-refractivity contribution < 1.29 is 5.11 Å². The zero-order chi connectivity index (χ0) is 13.7. The lowest BCUT2D eigenvalue weighted by molar-refractivity contribution is 0.280. The van der Waals surface area contributed by atoms with Crippen molar-refractivity contribution in [1.82, 2.24) is 9.88 Å². The molecule has 1 aromatic carbocycles. The Hall–Kier alpha value is -1.03. The van der Waals surface area contributed by atoms with Gasteiger partial charge in [0.05, 0.1) is 0 Å². The van der Waals surface area contributed by atoms with Crippen molar-refractivity contribution in [3.8, 4) is 0 Å². The summed E-state index contributed by atoms with van der Waals surface area (Å²) in [5, 5.41) is 14.4. The molecule has 0 saturated carbocycles. The molecular weight excluding hydrogens is 260 g/mol. The van der Waals surface area contributed by atoms with E-state index >= 15 is 0 Å². The maximum absolute atomic E-state index is 8.98. The van der Waals surface area contributed by atoms with E-state index in [9.17, 15) is 0 Å². The summed E-state index contributed by atoms with van der Waals surface area (Å²) in [6.07, 6.45) is 4.06. The molecule has 0 amide bonds. The van der Waals surface area contributed by atoms with Gasteiger partial charge in [-0.2, -0.15) is 0 Å². The van der Waals surface area contributed by atoms with Crippen LogP contribution in [0.2, 0.25) is 5.02 Å². The molecule has 2 N–H and O–H groups in total. The summed E-state index contributed by atoms with van der Waals surface area (Å²) in [6, 6.07) is 6.01. The quantitative estimate of drug-likeness (QED) is 0.765. The highest BCUT2D eigenvalue weighted by Gasteiger charge is 2.08. The lowest BCUT2D eigenvalue weighted by Crippen LogP contribution is -2.13. The first-order valence-corrected chi connectivity index (χ1v) is 7.23. The van der Waals surface area contributed by atoms with Crippen molar-refractivity contribution in [3.05, 3.63) is 35.0 Å². The molecule has 0 aliphatic heterocycles. The Labute approximate surface area is 119 Å². The van der Waals surface area contributed by atoms with Gasteiger partial charge in [-0.3, -0.25) is 0 Å². The second-order valence-corrected chi connectivity index (χ2v) is 5.20. The molecule has 104 valence electrons. The van der Waals surface area contributed by atoms with Gasteiger partial charge in [0.15, 0.2) is 0 Å². The first-order chi connectivity index (χ1) is 9.26. The number of hydrogen-bond acceptors (Lipinski definition) is 2. The summed E-state index contributed by atoms with van der Waals surface area (Å²) >= 11 is 6.08. The average molecular weight is 281 g/mol. The van der Waals surface area contributed by atoms with Crippen molar-refractivity contribution in [2.24, 2.45) is 0 Å². The SMILES string of the molecule is CCCNCc1cn(CCCO)c2cc(Cl)ccc12. The molecule has 1 aromatic heterocycles. The number of aliphatic hydroxyl groups excluding tert-OH is 1. The Kier molecular flexibility index (Phi) is 5.25. The van der Waals surface area contributed by atoms with E-state index in [0.717, 1.165) is 43.0 Å². The van der Waals surface area contributed by atoms with E-state index in [1.165, 1.54) is 10.9 Å². The highest BCUT2D eigenvalue weighted by atomic mass is 35.5. The van der Waals surface area contributed by atoms with Gasteiger partial charge in [0, 0.05) is 41.8 Å². The standard InChI is InChI=1S/C15H21ClN2O/c1-2-6-17-10-12-11-18(7-3-8-19)15-9-13(16)4-5-14(12)15/h4-5,9,11,17,19H,2-3,6-8,10H2,1H3. The largest absolute Gasteiger partial charge is 0.396 e. The Morgan fingerprint density at radius 3 is 2.95 bits per heavy atom. The molecule has 0 fully saturated rings. The molecule has 3 nitrogen and oxygen atoms in total. The van der Waals surface area contributed by atoms with Crippen LogP contribution < -0.4 is 5.32 Å². The van der Waals surface area contributed by atoms with Gasteiger partial charge < -0.3 is 15.0 Å². The molecule has 0 bridgehead atoms. The molecule has 0 aliphatic rings. The third kappa shape index (κ3) is 3.50. The van der Waals surface area contributed by atoms with E-state index in [0.29, 0.717) is 0 Å². The van der Waals surface area contributed by atoms with Crippen molar-refractivity contribution in [3.63, 3.8) is 0 Å². The van der Waals surface area contributed by atoms with Crippen LogP contribution in [-0.4, -0.2) is 22.8 Å². The molecule has 19 heavy (non-hydrogen) atoms. The van der Waals surface area contributed by atoms with Crippen LogP contribution in [0.4, 0.5) is 0 Å². The normalized spacial score (nSPS) is 11.3. The number of aryl methyl sites for hydroxylation is 1. The van der Waals surface area contributed by atoms with Gasteiger partial charge in [0.1, 0.15) is 0 Å². The Bertz CT molecular complexity index is 536. The van der Waals surface area contributed by atoms with Gasteiger partial charge >= 0.3 is 0 Å². The predicted molar refractivity (Wildman–Crippen MR) is 80.6 cm³/mol. The van der Waals surface area contributed by atoms with Gasteiger partial charge in [-0.1, -0.05) is 24.6 Å². The minimum atomic E-state index is 0.212. The number of fused-ring (bicyclic) bond motifs is 1. The zero-order valence-corrected chi connectivity index (χ0v) is 12.1. The van der Waals surface area contributed by atoms with Crippen LogP contribution in [0.25, 0.3) is 10.9 Å². The summed E-state index contributed by atoms with van der Waals surface area (Å²) in [7, 11) is 0. The minimum Gasteiger partial charge on any atom is -0.396 e. The van der Waals surface area contributed by atoms with E-state index in [1.807, 2.05) is 12.1 Å². The van der Waals surface area contributed by atoms with Crippen LogP contribution in [0.3, 0.4) is 0 Å². The number of aliphatic hydroxyl groups is 1. The Morgan fingerprint density at radius 2 is 2.21 bits per heavy atom. The van der Waals surface area contributed by atoms with Crippen LogP contribution in [0.1, 0.15) is 25.3 Å². The Morgan fingerprint density at radius 1 is 1.37 bits per heavy atom. The molecule has 0 unspecified atom stereocenters. The van der Waals surface area contributed by atoms with Crippen molar-refractivity contribution in [2.75, 3.05) is 13.2 Å². The zero-order valence-electron chi connectivity index (χ0n) is 11.3. The number of nitrogens with zero attached hydrogens (tertiary/aromatic N) is 1. The van der Waals surface area contributed by atoms with Gasteiger partial charge in [-0.05, 0) is 37.1 Å². The van der Waals surface area contributed by atoms with Crippen LogP contribution in [0.5, 0.6) is 0 Å².